The van der Waals surface area contributed by atoms with E-state index in [1.165, 1.54) is 0 Å². The second kappa shape index (κ2) is 6.26. The number of hydrogen-bond donors (Lipinski definition) is 1. The number of aryl methyl sites for hydroxylation is 1. The number of carbonyl (C=O) groups is 1. The van der Waals surface area contributed by atoms with Gasteiger partial charge in [0, 0.05) is 16.9 Å². The van der Waals surface area contributed by atoms with Crippen LogP contribution in [-0.4, -0.2) is 15.8 Å². The highest BCUT2D eigenvalue weighted by Gasteiger charge is 2.38. The summed E-state index contributed by atoms with van der Waals surface area (Å²) in [5.74, 6) is 0.644. The van der Waals surface area contributed by atoms with E-state index < -0.39 is 0 Å². The first-order chi connectivity index (χ1) is 12.1. The second-order valence-electron chi connectivity index (χ2n) is 5.96. The molecular formula is C19H16ClN3O2. The predicted molar refractivity (Wildman–Crippen MR) is 95.4 cm³/mol. The molecule has 6 heteroatoms. The molecule has 1 N–H and O–H groups in total. The van der Waals surface area contributed by atoms with Gasteiger partial charge in [0.05, 0.1) is 24.1 Å². The van der Waals surface area contributed by atoms with E-state index in [0.717, 1.165) is 17.0 Å². The number of aromatic nitrogens is 1. The van der Waals surface area contributed by atoms with Gasteiger partial charge < -0.3 is 14.6 Å². The first-order valence-electron chi connectivity index (χ1n) is 7.94. The number of nitrogens with one attached hydrogen (secondary N) is 1. The normalized spacial score (nSPS) is 16.2. The number of rotatable bonds is 4. The molecule has 1 aromatic carbocycles. The highest BCUT2D eigenvalue weighted by molar-refractivity contribution is 6.31. The molecule has 25 heavy (non-hydrogen) atoms. The van der Waals surface area contributed by atoms with Crippen LogP contribution >= 0.6 is 11.6 Å². The van der Waals surface area contributed by atoms with Crippen molar-refractivity contribution in [1.82, 2.24) is 9.88 Å². The molecule has 0 spiro atoms. The molecule has 0 saturated heterocycles. The Kier molecular flexibility index (Phi) is 3.93. The van der Waals surface area contributed by atoms with Crippen molar-refractivity contribution < 1.29 is 9.21 Å². The average Bonchev–Trinajstić information content (AvgIpc) is 3.21. The van der Waals surface area contributed by atoms with E-state index in [9.17, 15) is 4.79 Å². The Bertz CT molecular complexity index is 924. The van der Waals surface area contributed by atoms with Crippen molar-refractivity contribution in [2.24, 2.45) is 0 Å². The lowest BCUT2D eigenvalue weighted by molar-refractivity contribution is 0.0714. The van der Waals surface area contributed by atoms with Gasteiger partial charge in [-0.1, -0.05) is 17.7 Å². The smallest absolute Gasteiger partial charge is 0.258 e. The molecule has 1 aliphatic heterocycles. The van der Waals surface area contributed by atoms with E-state index in [2.05, 4.69) is 10.3 Å². The van der Waals surface area contributed by atoms with Crippen LogP contribution in [0.15, 0.2) is 59.3 Å². The summed E-state index contributed by atoms with van der Waals surface area (Å²) in [4.78, 5) is 19.0. The minimum atomic E-state index is -0.382. The summed E-state index contributed by atoms with van der Waals surface area (Å²) in [6, 6.07) is 13.0. The maximum atomic E-state index is 12.8. The average molecular weight is 354 g/mol. The number of carbonyl (C=O) groups excluding carboxylic acids is 1. The van der Waals surface area contributed by atoms with Crippen LogP contribution in [-0.2, 0) is 6.54 Å². The van der Waals surface area contributed by atoms with E-state index in [1.54, 1.807) is 29.5 Å². The van der Waals surface area contributed by atoms with Gasteiger partial charge in [-0.05, 0) is 48.9 Å². The Morgan fingerprint density at radius 2 is 2.16 bits per heavy atom. The number of nitrogens with zero attached hydrogens (tertiary/aromatic N) is 2. The van der Waals surface area contributed by atoms with E-state index >= 15 is 0 Å². The fourth-order valence-corrected chi connectivity index (χ4v) is 3.14. The van der Waals surface area contributed by atoms with E-state index in [-0.39, 0.29) is 12.1 Å². The van der Waals surface area contributed by atoms with Gasteiger partial charge in [-0.3, -0.25) is 9.78 Å². The van der Waals surface area contributed by atoms with Gasteiger partial charge in [0.1, 0.15) is 11.9 Å². The minimum absolute atomic E-state index is 0.0739. The molecule has 3 heterocycles. The fraction of sp³-hybridized carbons (Fsp3) is 0.158. The van der Waals surface area contributed by atoms with Gasteiger partial charge in [-0.15, -0.1) is 0 Å². The van der Waals surface area contributed by atoms with Crippen LogP contribution in [0.4, 0.5) is 5.69 Å². The molecule has 5 nitrogen and oxygen atoms in total. The molecule has 0 aliphatic carbocycles. The number of benzene rings is 1. The van der Waals surface area contributed by atoms with Gasteiger partial charge in [-0.25, -0.2) is 0 Å². The third kappa shape index (κ3) is 2.87. The van der Waals surface area contributed by atoms with Crippen molar-refractivity contribution in [3.8, 4) is 0 Å². The number of amides is 1. The fourth-order valence-electron chi connectivity index (χ4n) is 2.96. The number of pyridine rings is 1. The van der Waals surface area contributed by atoms with Crippen molar-refractivity contribution in [1.29, 1.82) is 0 Å². The molecule has 0 fully saturated rings. The van der Waals surface area contributed by atoms with Crippen LogP contribution in [0, 0.1) is 6.92 Å². The number of hydrogen-bond acceptors (Lipinski definition) is 4. The molecule has 1 atom stereocenters. The first kappa shape index (κ1) is 15.7. The Morgan fingerprint density at radius 1 is 1.28 bits per heavy atom. The SMILES string of the molecule is Cc1ccc(N[C@@H]2c3ncccc3C(=O)N2Cc2ccco2)cc1Cl. The largest absolute Gasteiger partial charge is 0.467 e. The zero-order valence-corrected chi connectivity index (χ0v) is 14.3. The summed E-state index contributed by atoms with van der Waals surface area (Å²) in [7, 11) is 0. The quantitative estimate of drug-likeness (QED) is 0.755. The molecular weight excluding hydrogens is 338 g/mol. The Hall–Kier alpha value is -2.79. The second-order valence-corrected chi connectivity index (χ2v) is 6.37. The Labute approximate surface area is 150 Å². The zero-order valence-electron chi connectivity index (χ0n) is 13.6. The van der Waals surface area contributed by atoms with E-state index in [1.807, 2.05) is 37.3 Å². The predicted octanol–water partition coefficient (Wildman–Crippen LogP) is 4.40. The molecule has 0 saturated carbocycles. The summed E-state index contributed by atoms with van der Waals surface area (Å²) in [5.41, 5.74) is 3.14. The molecule has 126 valence electrons. The van der Waals surface area contributed by atoms with Crippen LogP contribution in [0.1, 0.15) is 33.5 Å². The summed E-state index contributed by atoms with van der Waals surface area (Å²) in [6.07, 6.45) is 2.91. The Balaban J connectivity index is 1.70. The molecule has 0 bridgehead atoms. The van der Waals surface area contributed by atoms with Crippen LogP contribution in [0.3, 0.4) is 0 Å². The van der Waals surface area contributed by atoms with Crippen LogP contribution in [0.5, 0.6) is 0 Å². The van der Waals surface area contributed by atoms with Gasteiger partial charge in [0.2, 0.25) is 0 Å². The van der Waals surface area contributed by atoms with Gasteiger partial charge >= 0.3 is 0 Å². The highest BCUT2D eigenvalue weighted by Crippen LogP contribution is 2.34. The highest BCUT2D eigenvalue weighted by atomic mass is 35.5. The third-order valence-corrected chi connectivity index (χ3v) is 4.69. The standard InChI is InChI=1S/C19H16ClN3O2/c1-12-6-7-13(10-16(12)20)22-18-17-15(5-2-8-21-17)19(24)23(18)11-14-4-3-9-25-14/h2-10,18,22H,11H2,1H3/t18-/m0/s1. The molecule has 3 aromatic rings. The third-order valence-electron chi connectivity index (χ3n) is 4.28. The van der Waals surface area contributed by atoms with Crippen molar-refractivity contribution in [3.05, 3.63) is 82.5 Å². The monoisotopic (exact) mass is 353 g/mol. The maximum Gasteiger partial charge on any atom is 0.258 e. The van der Waals surface area contributed by atoms with Crippen LogP contribution in [0.2, 0.25) is 5.02 Å². The van der Waals surface area contributed by atoms with Crippen molar-refractivity contribution >= 4 is 23.2 Å². The molecule has 1 amide bonds. The topological polar surface area (TPSA) is 58.4 Å². The minimum Gasteiger partial charge on any atom is -0.467 e. The first-order valence-corrected chi connectivity index (χ1v) is 8.32. The van der Waals surface area contributed by atoms with Crippen LogP contribution < -0.4 is 5.32 Å². The van der Waals surface area contributed by atoms with Gasteiger partial charge in [-0.2, -0.15) is 0 Å². The summed E-state index contributed by atoms with van der Waals surface area (Å²) < 4.78 is 5.41. The molecule has 4 rings (SSSR count). The lowest BCUT2D eigenvalue weighted by Gasteiger charge is -2.26. The Morgan fingerprint density at radius 3 is 2.92 bits per heavy atom. The van der Waals surface area contributed by atoms with Gasteiger partial charge in [0.15, 0.2) is 0 Å². The number of halogens is 1. The summed E-state index contributed by atoms with van der Waals surface area (Å²) in [6.45, 7) is 2.31. The van der Waals surface area contributed by atoms with Crippen molar-refractivity contribution in [2.75, 3.05) is 5.32 Å². The van der Waals surface area contributed by atoms with E-state index in [4.69, 9.17) is 16.0 Å². The summed E-state index contributed by atoms with van der Waals surface area (Å²) in [5, 5.41) is 4.05. The maximum absolute atomic E-state index is 12.8. The zero-order chi connectivity index (χ0) is 17.4. The van der Waals surface area contributed by atoms with Crippen LogP contribution in [0.25, 0.3) is 0 Å². The lowest BCUT2D eigenvalue weighted by Crippen LogP contribution is -2.32. The number of anilines is 1. The van der Waals surface area contributed by atoms with Gasteiger partial charge in [0.25, 0.3) is 5.91 Å². The molecule has 0 unspecified atom stereocenters. The molecule has 1 aliphatic rings. The van der Waals surface area contributed by atoms with Crippen molar-refractivity contribution in [3.63, 3.8) is 0 Å². The summed E-state index contributed by atoms with van der Waals surface area (Å²) >= 11 is 6.23. The lowest BCUT2D eigenvalue weighted by atomic mass is 10.2. The number of fused-ring (bicyclic) bond motifs is 1. The molecule has 0 radical (unpaired) electrons. The van der Waals surface area contributed by atoms with E-state index in [0.29, 0.717) is 22.8 Å². The van der Waals surface area contributed by atoms with Crippen molar-refractivity contribution in [2.45, 2.75) is 19.6 Å². The molecule has 2 aromatic heterocycles. The number of furan rings is 1.